The Morgan fingerprint density at radius 1 is 0.867 bits per heavy atom. The summed E-state index contributed by atoms with van der Waals surface area (Å²) in [5.74, 6) is 2.33. The number of hydrogen-bond donors (Lipinski definition) is 0. The number of carbonyl (C=O) groups is 1. The number of nitrogens with zero attached hydrogens (tertiary/aromatic N) is 1. The Bertz CT molecular complexity index is 996. The van der Waals surface area contributed by atoms with Gasteiger partial charge in [-0.1, -0.05) is 24.0 Å². The molecule has 158 valence electrons. The molecule has 0 saturated carbocycles. The van der Waals surface area contributed by atoms with Gasteiger partial charge in [-0.05, 0) is 35.9 Å². The summed E-state index contributed by atoms with van der Waals surface area (Å²) >= 11 is 6.68. The molecule has 1 aliphatic heterocycles. The molecule has 1 amide bonds. The molecule has 7 nitrogen and oxygen atoms in total. The van der Waals surface area contributed by atoms with Gasteiger partial charge in [-0.25, -0.2) is 0 Å². The topological polar surface area (TPSA) is 66.5 Å². The van der Waals surface area contributed by atoms with E-state index in [0.717, 1.165) is 0 Å². The molecule has 3 rings (SSSR count). The van der Waals surface area contributed by atoms with Gasteiger partial charge in [-0.3, -0.25) is 9.69 Å². The first-order valence-corrected chi connectivity index (χ1v) is 9.99. The minimum atomic E-state index is -0.248. The van der Waals surface area contributed by atoms with Crippen LogP contribution >= 0.6 is 24.0 Å². The second-order valence-electron chi connectivity index (χ2n) is 6.01. The summed E-state index contributed by atoms with van der Waals surface area (Å²) in [6.45, 7) is 0. The molecule has 0 radical (unpaired) electrons. The Morgan fingerprint density at radius 2 is 1.50 bits per heavy atom. The fraction of sp³-hybridized carbons (Fsp3) is 0.238. The van der Waals surface area contributed by atoms with E-state index in [4.69, 9.17) is 35.9 Å². The van der Waals surface area contributed by atoms with E-state index in [1.54, 1.807) is 43.5 Å². The SMILES string of the molecule is COc1ccc(N2C(=O)/C(=C\c3cc(OC)c(OC)c(OC)c3)SC2=S)c(OC)c1. The molecular weight excluding hydrogens is 426 g/mol. The van der Waals surface area contributed by atoms with E-state index in [-0.39, 0.29) is 5.91 Å². The largest absolute Gasteiger partial charge is 0.497 e. The van der Waals surface area contributed by atoms with Gasteiger partial charge in [-0.2, -0.15) is 0 Å². The molecule has 1 fully saturated rings. The van der Waals surface area contributed by atoms with Crippen molar-refractivity contribution >= 4 is 46.0 Å². The lowest BCUT2D eigenvalue weighted by molar-refractivity contribution is -0.113. The minimum absolute atomic E-state index is 0.248. The van der Waals surface area contributed by atoms with Crippen LogP contribution in [0.4, 0.5) is 5.69 Å². The van der Waals surface area contributed by atoms with Crippen molar-refractivity contribution in [1.82, 2.24) is 0 Å². The van der Waals surface area contributed by atoms with Crippen LogP contribution in [-0.2, 0) is 4.79 Å². The first-order valence-electron chi connectivity index (χ1n) is 8.77. The Kier molecular flexibility index (Phi) is 6.73. The lowest BCUT2D eigenvalue weighted by Crippen LogP contribution is -2.27. The molecule has 1 heterocycles. The standard InChI is InChI=1S/C21H21NO6S2/c1-24-13-6-7-14(15(11-13)25-2)22-20(23)18(30-21(22)29)10-12-8-16(26-3)19(28-5)17(9-12)27-4/h6-11H,1-5H3/b18-10+. The smallest absolute Gasteiger partial charge is 0.270 e. The third kappa shape index (κ3) is 4.03. The maximum Gasteiger partial charge on any atom is 0.270 e. The van der Waals surface area contributed by atoms with Crippen LogP contribution in [0, 0.1) is 0 Å². The zero-order chi connectivity index (χ0) is 21.8. The van der Waals surface area contributed by atoms with Crippen molar-refractivity contribution in [3.63, 3.8) is 0 Å². The first-order chi connectivity index (χ1) is 14.5. The fourth-order valence-electron chi connectivity index (χ4n) is 2.98. The number of hydrogen-bond acceptors (Lipinski definition) is 8. The van der Waals surface area contributed by atoms with Crippen molar-refractivity contribution in [3.8, 4) is 28.7 Å². The third-order valence-electron chi connectivity index (χ3n) is 4.41. The average molecular weight is 448 g/mol. The number of benzene rings is 2. The highest BCUT2D eigenvalue weighted by Gasteiger charge is 2.35. The summed E-state index contributed by atoms with van der Waals surface area (Å²) in [5, 5.41) is 0. The molecule has 1 saturated heterocycles. The predicted octanol–water partition coefficient (Wildman–Crippen LogP) is 4.14. The van der Waals surface area contributed by atoms with E-state index in [9.17, 15) is 4.79 Å². The van der Waals surface area contributed by atoms with Gasteiger partial charge in [0, 0.05) is 6.07 Å². The molecular formula is C21H21NO6S2. The number of amides is 1. The van der Waals surface area contributed by atoms with Crippen LogP contribution in [0.3, 0.4) is 0 Å². The van der Waals surface area contributed by atoms with E-state index in [0.29, 0.717) is 49.2 Å². The summed E-state index contributed by atoms with van der Waals surface area (Å²) < 4.78 is 27.2. The molecule has 0 atom stereocenters. The van der Waals surface area contributed by atoms with Crippen molar-refractivity contribution in [1.29, 1.82) is 0 Å². The summed E-state index contributed by atoms with van der Waals surface area (Å²) in [4.78, 5) is 15.1. The van der Waals surface area contributed by atoms with Gasteiger partial charge in [0.2, 0.25) is 5.75 Å². The molecule has 0 unspecified atom stereocenters. The second kappa shape index (κ2) is 9.27. The van der Waals surface area contributed by atoms with Gasteiger partial charge >= 0.3 is 0 Å². The molecule has 0 bridgehead atoms. The van der Waals surface area contributed by atoms with E-state index in [1.165, 1.54) is 45.1 Å². The summed E-state index contributed by atoms with van der Waals surface area (Å²) in [5.41, 5.74) is 1.26. The normalized spacial score (nSPS) is 14.8. The zero-order valence-corrected chi connectivity index (χ0v) is 18.8. The third-order valence-corrected chi connectivity index (χ3v) is 5.71. The number of carbonyl (C=O) groups excluding carboxylic acids is 1. The summed E-state index contributed by atoms with van der Waals surface area (Å²) in [6.07, 6.45) is 1.74. The number of thiocarbonyl (C=S) groups is 1. The van der Waals surface area contributed by atoms with Crippen molar-refractivity contribution in [3.05, 3.63) is 40.8 Å². The molecule has 2 aromatic carbocycles. The number of anilines is 1. The lowest BCUT2D eigenvalue weighted by atomic mass is 10.1. The molecule has 30 heavy (non-hydrogen) atoms. The number of methoxy groups -OCH3 is 5. The van der Waals surface area contributed by atoms with Crippen molar-refractivity contribution in [2.24, 2.45) is 0 Å². The van der Waals surface area contributed by atoms with Gasteiger partial charge < -0.3 is 23.7 Å². The highest BCUT2D eigenvalue weighted by Crippen LogP contribution is 2.43. The van der Waals surface area contributed by atoms with Crippen LogP contribution in [0.15, 0.2) is 35.2 Å². The van der Waals surface area contributed by atoms with Gasteiger partial charge in [0.15, 0.2) is 15.8 Å². The van der Waals surface area contributed by atoms with E-state index >= 15 is 0 Å². The molecule has 0 aliphatic carbocycles. The minimum Gasteiger partial charge on any atom is -0.497 e. The van der Waals surface area contributed by atoms with Gasteiger partial charge in [0.1, 0.15) is 11.5 Å². The van der Waals surface area contributed by atoms with Gasteiger partial charge in [-0.15, -0.1) is 0 Å². The van der Waals surface area contributed by atoms with Gasteiger partial charge in [0.05, 0.1) is 46.1 Å². The Morgan fingerprint density at radius 3 is 2.03 bits per heavy atom. The number of ether oxygens (including phenoxy) is 5. The van der Waals surface area contributed by atoms with Crippen LogP contribution in [0.2, 0.25) is 0 Å². The second-order valence-corrected chi connectivity index (χ2v) is 7.69. The average Bonchev–Trinajstić information content (AvgIpc) is 3.04. The molecule has 2 aromatic rings. The predicted molar refractivity (Wildman–Crippen MR) is 121 cm³/mol. The van der Waals surface area contributed by atoms with Crippen LogP contribution in [0.25, 0.3) is 6.08 Å². The molecule has 0 spiro atoms. The fourth-order valence-corrected chi connectivity index (χ4v) is 4.27. The van der Waals surface area contributed by atoms with Crippen LogP contribution < -0.4 is 28.6 Å². The van der Waals surface area contributed by atoms with E-state index in [1.807, 2.05) is 0 Å². The Hall–Kier alpha value is -2.91. The highest BCUT2D eigenvalue weighted by atomic mass is 32.2. The maximum absolute atomic E-state index is 13.2. The maximum atomic E-state index is 13.2. The number of thioether (sulfide) groups is 1. The monoisotopic (exact) mass is 447 g/mol. The van der Waals surface area contributed by atoms with Crippen LogP contribution in [-0.4, -0.2) is 45.8 Å². The zero-order valence-electron chi connectivity index (χ0n) is 17.2. The summed E-state index contributed by atoms with van der Waals surface area (Å²) in [6, 6.07) is 8.73. The van der Waals surface area contributed by atoms with Crippen LogP contribution in [0.1, 0.15) is 5.56 Å². The van der Waals surface area contributed by atoms with Gasteiger partial charge in [0.25, 0.3) is 5.91 Å². The number of rotatable bonds is 7. The van der Waals surface area contributed by atoms with Crippen LogP contribution in [0.5, 0.6) is 28.7 Å². The summed E-state index contributed by atoms with van der Waals surface area (Å²) in [7, 11) is 7.70. The van der Waals surface area contributed by atoms with Crippen molar-refractivity contribution in [2.75, 3.05) is 40.4 Å². The quantitative estimate of drug-likeness (QED) is 0.464. The molecule has 0 N–H and O–H groups in total. The molecule has 9 heteroatoms. The van der Waals surface area contributed by atoms with E-state index in [2.05, 4.69) is 0 Å². The van der Waals surface area contributed by atoms with Crippen molar-refractivity contribution in [2.45, 2.75) is 0 Å². The Labute approximate surface area is 184 Å². The van der Waals surface area contributed by atoms with Crippen molar-refractivity contribution < 1.29 is 28.5 Å². The van der Waals surface area contributed by atoms with E-state index < -0.39 is 0 Å². The lowest BCUT2D eigenvalue weighted by Gasteiger charge is -2.18. The molecule has 0 aromatic heterocycles. The highest BCUT2D eigenvalue weighted by molar-refractivity contribution is 8.27. The first kappa shape index (κ1) is 21.8. The molecule has 1 aliphatic rings. The Balaban J connectivity index is 2.00.